The Morgan fingerprint density at radius 3 is 2.53 bits per heavy atom. The molecule has 3 aromatic rings. The standard InChI is InChI=1S/C23H29N5O.HI/c1-29-21-11-9-20(10-12-21)13-14-26-23(24)27-18-22-25-15-17-28(22)16-5-8-19-6-3-2-4-7-19;/h2-4,6-7,9-12,15,17H,5,8,13-14,16,18H2,1H3,(H3,24,26,27);1H. The average molecular weight is 519 g/mol. The number of benzene rings is 2. The van der Waals surface area contributed by atoms with Crippen LogP contribution in [0.5, 0.6) is 5.75 Å². The van der Waals surface area contributed by atoms with Gasteiger partial charge in [-0.1, -0.05) is 42.5 Å². The van der Waals surface area contributed by atoms with Crippen LogP contribution in [0.4, 0.5) is 0 Å². The number of nitrogens with zero attached hydrogens (tertiary/aromatic N) is 3. The van der Waals surface area contributed by atoms with E-state index in [1.165, 1.54) is 11.1 Å². The number of guanidine groups is 1. The quantitative estimate of drug-likeness (QED) is 0.243. The van der Waals surface area contributed by atoms with E-state index >= 15 is 0 Å². The molecule has 0 amide bonds. The number of methoxy groups -OCH3 is 1. The van der Waals surface area contributed by atoms with Gasteiger partial charge in [0.15, 0.2) is 5.96 Å². The summed E-state index contributed by atoms with van der Waals surface area (Å²) in [5.74, 6) is 2.23. The number of halogens is 1. The van der Waals surface area contributed by atoms with E-state index in [1.54, 1.807) is 7.11 Å². The number of ether oxygens (including phenoxy) is 1. The van der Waals surface area contributed by atoms with E-state index in [0.29, 0.717) is 12.5 Å². The first-order valence-electron chi connectivity index (χ1n) is 9.95. The molecule has 30 heavy (non-hydrogen) atoms. The van der Waals surface area contributed by atoms with Crippen molar-refractivity contribution in [2.24, 2.45) is 10.7 Å². The molecular weight excluding hydrogens is 489 g/mol. The number of aromatic nitrogens is 2. The minimum atomic E-state index is 0. The topological polar surface area (TPSA) is 77.5 Å². The predicted molar refractivity (Wildman–Crippen MR) is 132 cm³/mol. The Hall–Kier alpha value is -2.55. The van der Waals surface area contributed by atoms with Crippen molar-refractivity contribution >= 4 is 29.9 Å². The van der Waals surface area contributed by atoms with Crippen LogP contribution in [0, 0.1) is 0 Å². The number of nitrogens with two attached hydrogens (primary N) is 1. The first-order chi connectivity index (χ1) is 14.2. The molecule has 1 heterocycles. The highest BCUT2D eigenvalue weighted by Gasteiger charge is 2.03. The molecule has 0 aliphatic rings. The Balaban J connectivity index is 0.00000320. The maximum atomic E-state index is 6.01. The van der Waals surface area contributed by atoms with E-state index < -0.39 is 0 Å². The van der Waals surface area contributed by atoms with Crippen LogP contribution in [0.15, 0.2) is 72.0 Å². The van der Waals surface area contributed by atoms with E-state index in [2.05, 4.69) is 56.3 Å². The lowest BCUT2D eigenvalue weighted by atomic mass is 10.1. The SMILES string of the molecule is COc1ccc(CCNC(N)=NCc2nccn2CCCc2ccccc2)cc1.I. The van der Waals surface area contributed by atoms with Crippen LogP contribution >= 0.6 is 24.0 Å². The van der Waals surface area contributed by atoms with Crippen LogP contribution in [0.3, 0.4) is 0 Å². The van der Waals surface area contributed by atoms with Gasteiger partial charge in [0, 0.05) is 25.5 Å². The maximum Gasteiger partial charge on any atom is 0.189 e. The summed E-state index contributed by atoms with van der Waals surface area (Å²) < 4.78 is 7.32. The average Bonchev–Trinajstić information content (AvgIpc) is 3.21. The number of imidazole rings is 1. The Labute approximate surface area is 195 Å². The number of hydrogen-bond donors (Lipinski definition) is 2. The third-order valence-electron chi connectivity index (χ3n) is 4.78. The zero-order valence-corrected chi connectivity index (χ0v) is 19.7. The molecule has 3 rings (SSSR count). The van der Waals surface area contributed by atoms with Crippen LogP contribution in [0.25, 0.3) is 0 Å². The summed E-state index contributed by atoms with van der Waals surface area (Å²) in [5.41, 5.74) is 8.59. The van der Waals surface area contributed by atoms with Crippen molar-refractivity contribution in [3.8, 4) is 5.75 Å². The van der Waals surface area contributed by atoms with Crippen LogP contribution < -0.4 is 15.8 Å². The summed E-state index contributed by atoms with van der Waals surface area (Å²) in [4.78, 5) is 8.85. The zero-order valence-electron chi connectivity index (χ0n) is 17.3. The minimum Gasteiger partial charge on any atom is -0.497 e. The Kier molecular flexibility index (Phi) is 10.2. The van der Waals surface area contributed by atoms with Crippen LogP contribution in [-0.2, 0) is 25.9 Å². The smallest absolute Gasteiger partial charge is 0.189 e. The van der Waals surface area contributed by atoms with Gasteiger partial charge in [0.1, 0.15) is 18.1 Å². The fourth-order valence-electron chi connectivity index (χ4n) is 3.13. The summed E-state index contributed by atoms with van der Waals surface area (Å²) >= 11 is 0. The molecule has 3 N–H and O–H groups in total. The highest BCUT2D eigenvalue weighted by Crippen LogP contribution is 2.11. The number of hydrogen-bond acceptors (Lipinski definition) is 3. The van der Waals surface area contributed by atoms with Crippen LogP contribution in [-0.4, -0.2) is 29.2 Å². The summed E-state index contributed by atoms with van der Waals surface area (Å²) in [7, 11) is 1.67. The molecule has 6 nitrogen and oxygen atoms in total. The molecule has 0 bridgehead atoms. The summed E-state index contributed by atoms with van der Waals surface area (Å²) in [6, 6.07) is 18.6. The summed E-state index contributed by atoms with van der Waals surface area (Å²) in [6.45, 7) is 2.12. The molecule has 0 saturated carbocycles. The van der Waals surface area contributed by atoms with E-state index in [-0.39, 0.29) is 24.0 Å². The van der Waals surface area contributed by atoms with Crippen molar-refractivity contribution in [1.29, 1.82) is 0 Å². The van der Waals surface area contributed by atoms with Crippen molar-refractivity contribution in [3.63, 3.8) is 0 Å². The molecule has 0 aliphatic carbocycles. The minimum absolute atomic E-state index is 0. The van der Waals surface area contributed by atoms with Crippen molar-refractivity contribution in [2.75, 3.05) is 13.7 Å². The molecule has 0 radical (unpaired) electrons. The molecule has 1 aromatic heterocycles. The van der Waals surface area contributed by atoms with E-state index in [1.807, 2.05) is 30.6 Å². The van der Waals surface area contributed by atoms with Crippen molar-refractivity contribution in [2.45, 2.75) is 32.4 Å². The molecule has 160 valence electrons. The van der Waals surface area contributed by atoms with Gasteiger partial charge >= 0.3 is 0 Å². The Morgan fingerprint density at radius 1 is 1.07 bits per heavy atom. The van der Waals surface area contributed by atoms with Crippen LogP contribution in [0.1, 0.15) is 23.4 Å². The molecule has 0 atom stereocenters. The normalized spacial score (nSPS) is 11.0. The first kappa shape index (κ1) is 23.7. The van der Waals surface area contributed by atoms with Gasteiger partial charge in [-0.25, -0.2) is 9.98 Å². The fraction of sp³-hybridized carbons (Fsp3) is 0.304. The molecule has 7 heteroatoms. The first-order valence-corrected chi connectivity index (χ1v) is 9.95. The second-order valence-electron chi connectivity index (χ2n) is 6.85. The van der Waals surface area contributed by atoms with Gasteiger partial charge in [-0.15, -0.1) is 24.0 Å². The number of aliphatic imine (C=N–C) groups is 1. The van der Waals surface area contributed by atoms with Crippen molar-refractivity contribution < 1.29 is 4.74 Å². The molecule has 0 spiro atoms. The highest BCUT2D eigenvalue weighted by molar-refractivity contribution is 14.0. The highest BCUT2D eigenvalue weighted by atomic mass is 127. The molecule has 2 aromatic carbocycles. The van der Waals surface area contributed by atoms with Crippen molar-refractivity contribution in [1.82, 2.24) is 14.9 Å². The predicted octanol–water partition coefficient (Wildman–Crippen LogP) is 3.79. The summed E-state index contributed by atoms with van der Waals surface area (Å²) in [5, 5.41) is 3.17. The molecule has 0 fully saturated rings. The van der Waals surface area contributed by atoms with Crippen LogP contribution in [0.2, 0.25) is 0 Å². The molecule has 0 aliphatic heterocycles. The largest absolute Gasteiger partial charge is 0.497 e. The molecular formula is C23H30IN5O. The lowest BCUT2D eigenvalue weighted by molar-refractivity contribution is 0.414. The summed E-state index contributed by atoms with van der Waals surface area (Å²) in [6.07, 6.45) is 6.81. The number of nitrogens with one attached hydrogen (secondary N) is 1. The Bertz CT molecular complexity index is 893. The second-order valence-corrected chi connectivity index (χ2v) is 6.85. The third kappa shape index (κ3) is 7.70. The number of aryl methyl sites for hydroxylation is 2. The van der Waals surface area contributed by atoms with E-state index in [4.69, 9.17) is 10.5 Å². The van der Waals surface area contributed by atoms with Gasteiger partial charge < -0.3 is 20.4 Å². The van der Waals surface area contributed by atoms with E-state index in [9.17, 15) is 0 Å². The molecule has 0 unspecified atom stereocenters. The van der Waals surface area contributed by atoms with Gasteiger partial charge in [0.25, 0.3) is 0 Å². The van der Waals surface area contributed by atoms with Gasteiger partial charge in [-0.2, -0.15) is 0 Å². The number of rotatable bonds is 10. The van der Waals surface area contributed by atoms with Gasteiger partial charge in [0.2, 0.25) is 0 Å². The fourth-order valence-corrected chi connectivity index (χ4v) is 3.13. The van der Waals surface area contributed by atoms with Gasteiger partial charge in [0.05, 0.1) is 7.11 Å². The monoisotopic (exact) mass is 519 g/mol. The third-order valence-corrected chi connectivity index (χ3v) is 4.78. The zero-order chi connectivity index (χ0) is 20.3. The Morgan fingerprint density at radius 2 is 1.80 bits per heavy atom. The second kappa shape index (κ2) is 12.9. The van der Waals surface area contributed by atoms with Gasteiger partial charge in [-0.05, 0) is 42.5 Å². The van der Waals surface area contributed by atoms with E-state index in [0.717, 1.165) is 43.9 Å². The molecule has 0 saturated heterocycles. The van der Waals surface area contributed by atoms with Gasteiger partial charge in [-0.3, -0.25) is 0 Å². The van der Waals surface area contributed by atoms with Crippen molar-refractivity contribution in [3.05, 3.63) is 83.9 Å². The maximum absolute atomic E-state index is 6.01. The lowest BCUT2D eigenvalue weighted by Gasteiger charge is -2.08. The lowest BCUT2D eigenvalue weighted by Crippen LogP contribution is -2.33.